The average molecular weight is 335 g/mol. The summed E-state index contributed by atoms with van der Waals surface area (Å²) in [7, 11) is 1.58. The van der Waals surface area contributed by atoms with E-state index in [1.165, 1.54) is 0 Å². The zero-order chi connectivity index (χ0) is 14.7. The van der Waals surface area contributed by atoms with Gasteiger partial charge in [-0.25, -0.2) is 0 Å². The van der Waals surface area contributed by atoms with Crippen LogP contribution in [0.2, 0.25) is 0 Å². The molecule has 104 valence electrons. The third-order valence-electron chi connectivity index (χ3n) is 2.86. The van der Waals surface area contributed by atoms with Gasteiger partial charge >= 0.3 is 0 Å². The number of amides is 1. The molecule has 0 atom stereocenters. The Morgan fingerprint density at radius 3 is 2.45 bits per heavy atom. The molecule has 4 nitrogen and oxygen atoms in total. The van der Waals surface area contributed by atoms with Crippen molar-refractivity contribution in [3.63, 3.8) is 0 Å². The van der Waals surface area contributed by atoms with Gasteiger partial charge < -0.3 is 15.8 Å². The summed E-state index contributed by atoms with van der Waals surface area (Å²) >= 11 is 3.41. The maximum Gasteiger partial charge on any atom is 0.255 e. The van der Waals surface area contributed by atoms with E-state index in [0.717, 1.165) is 10.0 Å². The third-order valence-corrected chi connectivity index (χ3v) is 3.48. The molecule has 5 heteroatoms. The van der Waals surface area contributed by atoms with Crippen LogP contribution in [0, 0.1) is 6.92 Å². The maximum absolute atomic E-state index is 12.2. The van der Waals surface area contributed by atoms with Crippen molar-refractivity contribution in [2.75, 3.05) is 18.2 Å². The number of rotatable bonds is 3. The second-order valence-corrected chi connectivity index (χ2v) is 5.25. The molecule has 0 saturated carbocycles. The number of nitrogens with one attached hydrogen (secondary N) is 1. The molecule has 0 aliphatic carbocycles. The van der Waals surface area contributed by atoms with E-state index >= 15 is 0 Å². The van der Waals surface area contributed by atoms with Gasteiger partial charge in [-0.2, -0.15) is 0 Å². The fourth-order valence-corrected chi connectivity index (χ4v) is 2.52. The monoisotopic (exact) mass is 334 g/mol. The van der Waals surface area contributed by atoms with Crippen molar-refractivity contribution in [2.24, 2.45) is 0 Å². The lowest BCUT2D eigenvalue weighted by Gasteiger charge is -2.11. The van der Waals surface area contributed by atoms with E-state index < -0.39 is 0 Å². The number of anilines is 2. The summed E-state index contributed by atoms with van der Waals surface area (Å²) in [6, 6.07) is 10.6. The molecule has 2 rings (SSSR count). The van der Waals surface area contributed by atoms with E-state index in [0.29, 0.717) is 22.7 Å². The second-order valence-electron chi connectivity index (χ2n) is 4.39. The first kappa shape index (κ1) is 14.4. The molecule has 0 bridgehead atoms. The molecule has 0 spiro atoms. The van der Waals surface area contributed by atoms with Gasteiger partial charge in [-0.15, -0.1) is 0 Å². The van der Waals surface area contributed by atoms with Crippen LogP contribution in [0.5, 0.6) is 5.75 Å². The molecule has 3 N–H and O–H groups in total. The van der Waals surface area contributed by atoms with Crippen LogP contribution in [0.25, 0.3) is 0 Å². The van der Waals surface area contributed by atoms with Gasteiger partial charge in [0.2, 0.25) is 0 Å². The highest BCUT2D eigenvalue weighted by atomic mass is 79.9. The molecule has 0 radical (unpaired) electrons. The number of hydrogen-bond acceptors (Lipinski definition) is 3. The quantitative estimate of drug-likeness (QED) is 0.843. The average Bonchev–Trinajstić information content (AvgIpc) is 2.42. The standard InChI is InChI=1S/C15H15BrN2O2/c1-9-7-12(16)14(13(17)8-9)18-15(19)10-3-5-11(20-2)6-4-10/h3-8H,17H2,1-2H3,(H,18,19). The Labute approximate surface area is 126 Å². The largest absolute Gasteiger partial charge is 0.497 e. The van der Waals surface area contributed by atoms with Crippen LogP contribution >= 0.6 is 15.9 Å². The number of carbonyl (C=O) groups excluding carboxylic acids is 1. The number of aryl methyl sites for hydroxylation is 1. The van der Waals surface area contributed by atoms with Gasteiger partial charge in [-0.05, 0) is 64.8 Å². The Morgan fingerprint density at radius 1 is 1.25 bits per heavy atom. The van der Waals surface area contributed by atoms with Crippen molar-refractivity contribution in [1.82, 2.24) is 0 Å². The highest BCUT2D eigenvalue weighted by molar-refractivity contribution is 9.10. The number of nitrogen functional groups attached to an aromatic ring is 1. The summed E-state index contributed by atoms with van der Waals surface area (Å²) in [4.78, 5) is 12.2. The van der Waals surface area contributed by atoms with Gasteiger partial charge in [0.25, 0.3) is 5.91 Å². The zero-order valence-electron chi connectivity index (χ0n) is 11.2. The van der Waals surface area contributed by atoms with E-state index in [4.69, 9.17) is 10.5 Å². The molecule has 0 saturated heterocycles. The van der Waals surface area contributed by atoms with Gasteiger partial charge in [-0.3, -0.25) is 4.79 Å². The Kier molecular flexibility index (Phi) is 4.29. The fourth-order valence-electron chi connectivity index (χ4n) is 1.83. The molecule has 0 aliphatic rings. The van der Waals surface area contributed by atoms with Gasteiger partial charge in [0, 0.05) is 10.0 Å². The Morgan fingerprint density at radius 2 is 1.90 bits per heavy atom. The van der Waals surface area contributed by atoms with E-state index in [1.807, 2.05) is 19.1 Å². The van der Waals surface area contributed by atoms with Gasteiger partial charge in [0.15, 0.2) is 0 Å². The van der Waals surface area contributed by atoms with Crippen LogP contribution in [-0.2, 0) is 0 Å². The lowest BCUT2D eigenvalue weighted by molar-refractivity contribution is 0.102. The summed E-state index contributed by atoms with van der Waals surface area (Å²) in [5, 5.41) is 2.81. The highest BCUT2D eigenvalue weighted by Crippen LogP contribution is 2.30. The summed E-state index contributed by atoms with van der Waals surface area (Å²) in [6.45, 7) is 1.94. The summed E-state index contributed by atoms with van der Waals surface area (Å²) in [5.74, 6) is 0.487. The molecular weight excluding hydrogens is 320 g/mol. The Bertz CT molecular complexity index is 616. The molecule has 2 aromatic carbocycles. The topological polar surface area (TPSA) is 64.3 Å². The van der Waals surface area contributed by atoms with Crippen molar-refractivity contribution in [1.29, 1.82) is 0 Å². The number of benzene rings is 2. The molecule has 0 aliphatic heterocycles. The highest BCUT2D eigenvalue weighted by Gasteiger charge is 2.11. The Balaban J connectivity index is 2.23. The number of carbonyl (C=O) groups is 1. The fraction of sp³-hybridized carbons (Fsp3) is 0.133. The minimum Gasteiger partial charge on any atom is -0.497 e. The van der Waals surface area contributed by atoms with Crippen LogP contribution < -0.4 is 15.8 Å². The van der Waals surface area contributed by atoms with Crippen molar-refractivity contribution in [3.05, 3.63) is 52.0 Å². The summed E-state index contributed by atoms with van der Waals surface area (Å²) in [6.07, 6.45) is 0. The Hall–Kier alpha value is -2.01. The van der Waals surface area contributed by atoms with Crippen LogP contribution in [-0.4, -0.2) is 13.0 Å². The number of methoxy groups -OCH3 is 1. The molecular formula is C15H15BrN2O2. The van der Waals surface area contributed by atoms with Crippen LogP contribution in [0.1, 0.15) is 15.9 Å². The van der Waals surface area contributed by atoms with E-state index in [1.54, 1.807) is 31.4 Å². The zero-order valence-corrected chi connectivity index (χ0v) is 12.8. The number of hydrogen-bond donors (Lipinski definition) is 2. The third kappa shape index (κ3) is 3.11. The first-order chi connectivity index (χ1) is 9.51. The predicted octanol–water partition coefficient (Wildman–Crippen LogP) is 3.60. The second kappa shape index (κ2) is 5.96. The number of ether oxygens (including phenoxy) is 1. The number of nitrogens with two attached hydrogens (primary N) is 1. The normalized spacial score (nSPS) is 10.2. The SMILES string of the molecule is COc1ccc(C(=O)Nc2c(N)cc(C)cc2Br)cc1. The van der Waals surface area contributed by atoms with E-state index in [9.17, 15) is 4.79 Å². The lowest BCUT2D eigenvalue weighted by atomic mass is 10.1. The predicted molar refractivity (Wildman–Crippen MR) is 84.2 cm³/mol. The summed E-state index contributed by atoms with van der Waals surface area (Å²) in [5.41, 5.74) is 8.60. The van der Waals surface area contributed by atoms with Crippen LogP contribution in [0.15, 0.2) is 40.9 Å². The number of halogens is 1. The minimum atomic E-state index is -0.219. The summed E-state index contributed by atoms with van der Waals surface area (Å²) < 4.78 is 5.82. The van der Waals surface area contributed by atoms with Crippen LogP contribution in [0.3, 0.4) is 0 Å². The first-order valence-corrected chi connectivity index (χ1v) is 6.81. The van der Waals surface area contributed by atoms with Crippen LogP contribution in [0.4, 0.5) is 11.4 Å². The first-order valence-electron chi connectivity index (χ1n) is 6.02. The van der Waals surface area contributed by atoms with E-state index in [2.05, 4.69) is 21.2 Å². The van der Waals surface area contributed by atoms with Crippen molar-refractivity contribution in [3.8, 4) is 5.75 Å². The van der Waals surface area contributed by atoms with Crippen molar-refractivity contribution >= 4 is 33.2 Å². The van der Waals surface area contributed by atoms with Crippen molar-refractivity contribution < 1.29 is 9.53 Å². The minimum absolute atomic E-state index is 0.219. The smallest absolute Gasteiger partial charge is 0.255 e. The molecule has 0 unspecified atom stereocenters. The molecule has 2 aromatic rings. The molecule has 1 amide bonds. The molecule has 20 heavy (non-hydrogen) atoms. The van der Waals surface area contributed by atoms with Gasteiger partial charge in [0.1, 0.15) is 5.75 Å². The molecule has 0 heterocycles. The van der Waals surface area contributed by atoms with Crippen molar-refractivity contribution in [2.45, 2.75) is 6.92 Å². The van der Waals surface area contributed by atoms with Gasteiger partial charge in [0.05, 0.1) is 18.5 Å². The van der Waals surface area contributed by atoms with E-state index in [-0.39, 0.29) is 5.91 Å². The molecule has 0 aromatic heterocycles. The maximum atomic E-state index is 12.2. The lowest BCUT2D eigenvalue weighted by Crippen LogP contribution is -2.13. The molecule has 0 fully saturated rings. The van der Waals surface area contributed by atoms with Gasteiger partial charge in [-0.1, -0.05) is 0 Å².